The first-order chi connectivity index (χ1) is 17.0. The van der Waals surface area contributed by atoms with Gasteiger partial charge in [-0.2, -0.15) is 12.6 Å². The summed E-state index contributed by atoms with van der Waals surface area (Å²) in [4.78, 5) is 41.7. The van der Waals surface area contributed by atoms with Crippen molar-refractivity contribution in [1.82, 2.24) is 15.5 Å². The number of hydrogen-bond acceptors (Lipinski definition) is 5. The zero-order valence-electron chi connectivity index (χ0n) is 22.1. The Bertz CT molecular complexity index is 1020. The maximum Gasteiger partial charge on any atom is 0.408 e. The molecule has 3 unspecified atom stereocenters. The lowest BCUT2D eigenvalue weighted by Gasteiger charge is -2.38. The maximum absolute atomic E-state index is 13.9. The summed E-state index contributed by atoms with van der Waals surface area (Å²) in [7, 11) is 0. The number of nitrogens with one attached hydrogen (secondary N) is 2. The van der Waals surface area contributed by atoms with Crippen LogP contribution in [0, 0.1) is 6.92 Å². The third kappa shape index (κ3) is 8.29. The van der Waals surface area contributed by atoms with E-state index in [0.717, 1.165) is 16.7 Å². The number of hydrogen-bond donors (Lipinski definition) is 3. The second-order valence-corrected chi connectivity index (χ2v) is 10.2. The highest BCUT2D eigenvalue weighted by molar-refractivity contribution is 7.80. The van der Waals surface area contributed by atoms with E-state index >= 15 is 0 Å². The van der Waals surface area contributed by atoms with Crippen molar-refractivity contribution in [2.75, 3.05) is 5.75 Å². The average molecular weight is 514 g/mol. The van der Waals surface area contributed by atoms with Gasteiger partial charge >= 0.3 is 6.09 Å². The third-order valence-corrected chi connectivity index (χ3v) is 6.18. The average Bonchev–Trinajstić information content (AvgIpc) is 2.83. The molecular weight excluding hydrogens is 474 g/mol. The van der Waals surface area contributed by atoms with Crippen molar-refractivity contribution >= 4 is 30.5 Å². The SMILES string of the molecule is CCC(C)N(C(=O)C(CS)NC(=O)OC(C)(C)C)C(C(=O)NCc1ccccc1)c1ccccc1C. The largest absolute Gasteiger partial charge is 0.444 e. The van der Waals surface area contributed by atoms with Crippen molar-refractivity contribution in [2.24, 2.45) is 0 Å². The number of aryl methyl sites for hydroxylation is 1. The monoisotopic (exact) mass is 513 g/mol. The molecule has 3 atom stereocenters. The summed E-state index contributed by atoms with van der Waals surface area (Å²) in [5.74, 6) is -0.637. The lowest BCUT2D eigenvalue weighted by molar-refractivity contribution is -0.144. The van der Waals surface area contributed by atoms with E-state index in [2.05, 4.69) is 23.3 Å². The topological polar surface area (TPSA) is 87.7 Å². The highest BCUT2D eigenvalue weighted by Gasteiger charge is 2.38. The van der Waals surface area contributed by atoms with Crippen LogP contribution < -0.4 is 10.6 Å². The first-order valence-corrected chi connectivity index (χ1v) is 12.9. The van der Waals surface area contributed by atoms with E-state index in [9.17, 15) is 14.4 Å². The molecule has 3 amide bonds. The molecule has 7 nitrogen and oxygen atoms in total. The summed E-state index contributed by atoms with van der Waals surface area (Å²) in [6, 6.07) is 15.0. The van der Waals surface area contributed by atoms with Crippen LogP contribution in [0.2, 0.25) is 0 Å². The van der Waals surface area contributed by atoms with Crippen LogP contribution in [0.4, 0.5) is 4.79 Å². The van der Waals surface area contributed by atoms with Crippen molar-refractivity contribution < 1.29 is 19.1 Å². The zero-order chi connectivity index (χ0) is 26.9. The highest BCUT2D eigenvalue weighted by atomic mass is 32.1. The lowest BCUT2D eigenvalue weighted by atomic mass is 9.96. The van der Waals surface area contributed by atoms with Gasteiger partial charge in [0, 0.05) is 18.3 Å². The maximum atomic E-state index is 13.9. The molecule has 0 aliphatic rings. The Morgan fingerprint density at radius 3 is 2.19 bits per heavy atom. The van der Waals surface area contributed by atoms with Crippen molar-refractivity contribution in [1.29, 1.82) is 0 Å². The van der Waals surface area contributed by atoms with Crippen LogP contribution in [-0.4, -0.2) is 46.2 Å². The van der Waals surface area contributed by atoms with Crippen LogP contribution in [0.15, 0.2) is 54.6 Å². The molecule has 36 heavy (non-hydrogen) atoms. The molecule has 0 saturated carbocycles. The molecule has 2 rings (SSSR count). The molecule has 0 saturated heterocycles. The van der Waals surface area contributed by atoms with Crippen molar-refractivity contribution in [2.45, 2.75) is 78.2 Å². The second kappa shape index (κ2) is 13.3. The molecule has 0 radical (unpaired) electrons. The Balaban J connectivity index is 2.44. The fourth-order valence-electron chi connectivity index (χ4n) is 3.80. The summed E-state index contributed by atoms with van der Waals surface area (Å²) in [6.07, 6.45) is -0.0915. The number of alkyl carbamates (subject to hydrolysis) is 1. The number of rotatable bonds is 10. The predicted octanol–water partition coefficient (Wildman–Crippen LogP) is 4.80. The number of carbonyl (C=O) groups is 3. The van der Waals surface area contributed by atoms with E-state index < -0.39 is 29.7 Å². The van der Waals surface area contributed by atoms with Crippen molar-refractivity contribution in [3.05, 3.63) is 71.3 Å². The van der Waals surface area contributed by atoms with Crippen molar-refractivity contribution in [3.63, 3.8) is 0 Å². The van der Waals surface area contributed by atoms with Gasteiger partial charge in [0.15, 0.2) is 0 Å². The Morgan fingerprint density at radius 2 is 1.64 bits per heavy atom. The number of amides is 3. The molecule has 0 aromatic heterocycles. The second-order valence-electron chi connectivity index (χ2n) is 9.85. The minimum atomic E-state index is -0.967. The van der Waals surface area contributed by atoms with Gasteiger partial charge in [-0.15, -0.1) is 0 Å². The smallest absolute Gasteiger partial charge is 0.408 e. The molecular formula is C28H39N3O4S. The molecule has 8 heteroatoms. The highest BCUT2D eigenvalue weighted by Crippen LogP contribution is 2.28. The van der Waals surface area contributed by atoms with Crippen LogP contribution in [-0.2, 0) is 20.9 Å². The standard InChI is InChI=1S/C28H39N3O4S/c1-7-20(3)31(26(33)23(18-36)30-27(34)35-28(4,5)6)24(22-16-12-11-13-19(22)2)25(32)29-17-21-14-9-8-10-15-21/h8-16,20,23-24,36H,7,17-18H2,1-6H3,(H,29,32)(H,30,34). The quantitative estimate of drug-likeness (QED) is 0.398. The Labute approximate surface area is 220 Å². The molecule has 2 N–H and O–H groups in total. The number of carbonyl (C=O) groups excluding carboxylic acids is 3. The lowest BCUT2D eigenvalue weighted by Crippen LogP contribution is -2.56. The normalized spacial score (nSPS) is 13.8. The number of ether oxygens (including phenoxy) is 1. The number of thiol groups is 1. The molecule has 0 bridgehead atoms. The first-order valence-electron chi connectivity index (χ1n) is 12.3. The van der Waals surface area contributed by atoms with Gasteiger partial charge in [0.1, 0.15) is 17.7 Å². The van der Waals surface area contributed by atoms with Gasteiger partial charge in [-0.25, -0.2) is 4.79 Å². The van der Waals surface area contributed by atoms with Crippen LogP contribution >= 0.6 is 12.6 Å². The number of nitrogens with zero attached hydrogens (tertiary/aromatic N) is 1. The molecule has 0 aliphatic carbocycles. The fraction of sp³-hybridized carbons (Fsp3) is 0.464. The van der Waals surface area contributed by atoms with Gasteiger partial charge < -0.3 is 20.3 Å². The van der Waals surface area contributed by atoms with Crippen LogP contribution in [0.3, 0.4) is 0 Å². The Morgan fingerprint density at radius 1 is 1.03 bits per heavy atom. The van der Waals surface area contributed by atoms with E-state index in [0.29, 0.717) is 13.0 Å². The van der Waals surface area contributed by atoms with Gasteiger partial charge in [-0.1, -0.05) is 61.5 Å². The van der Waals surface area contributed by atoms with Gasteiger partial charge in [0.25, 0.3) is 0 Å². The summed E-state index contributed by atoms with van der Waals surface area (Å²) in [6.45, 7) is 11.4. The van der Waals surface area contributed by atoms with E-state index in [1.54, 1.807) is 25.7 Å². The van der Waals surface area contributed by atoms with E-state index in [-0.39, 0.29) is 17.7 Å². The summed E-state index contributed by atoms with van der Waals surface area (Å²) >= 11 is 4.33. The van der Waals surface area contributed by atoms with Crippen LogP contribution in [0.5, 0.6) is 0 Å². The van der Waals surface area contributed by atoms with Crippen LogP contribution in [0.1, 0.15) is 63.8 Å². The molecule has 0 fully saturated rings. The predicted molar refractivity (Wildman–Crippen MR) is 146 cm³/mol. The van der Waals surface area contributed by atoms with Gasteiger partial charge in [-0.05, 0) is 57.7 Å². The summed E-state index contributed by atoms with van der Waals surface area (Å²) in [5.41, 5.74) is 1.86. The third-order valence-electron chi connectivity index (χ3n) is 5.81. The molecule has 0 heterocycles. The van der Waals surface area contributed by atoms with Gasteiger partial charge in [0.05, 0.1) is 0 Å². The first kappa shape index (κ1) is 29.2. The molecule has 2 aromatic carbocycles. The molecule has 196 valence electrons. The van der Waals surface area contributed by atoms with Crippen LogP contribution in [0.25, 0.3) is 0 Å². The summed E-state index contributed by atoms with van der Waals surface area (Å²) < 4.78 is 5.35. The van der Waals surface area contributed by atoms with E-state index in [1.807, 2.05) is 75.4 Å². The Kier molecular flexibility index (Phi) is 10.8. The molecule has 0 aliphatic heterocycles. The van der Waals surface area contributed by atoms with E-state index in [4.69, 9.17) is 4.74 Å². The van der Waals surface area contributed by atoms with Gasteiger partial charge in [0.2, 0.25) is 11.8 Å². The zero-order valence-corrected chi connectivity index (χ0v) is 23.0. The fourth-order valence-corrected chi connectivity index (χ4v) is 4.05. The minimum absolute atomic E-state index is 0.0527. The van der Waals surface area contributed by atoms with E-state index in [1.165, 1.54) is 0 Å². The summed E-state index contributed by atoms with van der Waals surface area (Å²) in [5, 5.41) is 5.64. The minimum Gasteiger partial charge on any atom is -0.444 e. The Hall–Kier alpha value is -3.00. The number of benzene rings is 2. The molecule has 0 spiro atoms. The van der Waals surface area contributed by atoms with Gasteiger partial charge in [-0.3, -0.25) is 9.59 Å². The molecule has 2 aromatic rings. The van der Waals surface area contributed by atoms with Crippen molar-refractivity contribution in [3.8, 4) is 0 Å².